The number of hydrogen-bond acceptors (Lipinski definition) is 4. The summed E-state index contributed by atoms with van der Waals surface area (Å²) in [6.07, 6.45) is 2.79. The van der Waals surface area contributed by atoms with Gasteiger partial charge in [-0.1, -0.05) is 30.3 Å². The van der Waals surface area contributed by atoms with Crippen LogP contribution in [0.5, 0.6) is 0 Å². The van der Waals surface area contributed by atoms with E-state index in [2.05, 4.69) is 6.92 Å². The van der Waals surface area contributed by atoms with Crippen molar-refractivity contribution < 1.29 is 19.0 Å². The number of rotatable bonds is 2. The standard InChI is InChI=1S/C18H23NO4/c1-17-13-22-18(11-15(17)23-17)7-9-19(10-8-18)16(20)21-12-14-5-3-2-4-6-14/h2-6,15H,7-13H2,1H3. The van der Waals surface area contributed by atoms with Crippen LogP contribution in [-0.2, 0) is 20.8 Å². The van der Waals surface area contributed by atoms with Gasteiger partial charge in [-0.25, -0.2) is 4.79 Å². The molecule has 3 saturated heterocycles. The number of ether oxygens (including phenoxy) is 3. The van der Waals surface area contributed by atoms with Crippen LogP contribution in [0.2, 0.25) is 0 Å². The third-order valence-electron chi connectivity index (χ3n) is 5.40. The lowest BCUT2D eigenvalue weighted by molar-refractivity contribution is -0.109. The van der Waals surface area contributed by atoms with E-state index in [0.717, 1.165) is 24.8 Å². The molecule has 0 aliphatic carbocycles. The molecule has 1 spiro atoms. The number of hydrogen-bond donors (Lipinski definition) is 0. The summed E-state index contributed by atoms with van der Waals surface area (Å²) >= 11 is 0. The van der Waals surface area contributed by atoms with Gasteiger partial charge in [0.1, 0.15) is 12.2 Å². The topological polar surface area (TPSA) is 51.3 Å². The smallest absolute Gasteiger partial charge is 0.410 e. The van der Waals surface area contributed by atoms with Crippen LogP contribution in [0.3, 0.4) is 0 Å². The van der Waals surface area contributed by atoms with E-state index in [0.29, 0.717) is 32.4 Å². The Kier molecular flexibility index (Phi) is 3.58. The lowest BCUT2D eigenvalue weighted by Gasteiger charge is -2.43. The van der Waals surface area contributed by atoms with E-state index in [9.17, 15) is 4.79 Å². The molecular formula is C18H23NO4. The zero-order chi connectivity index (χ0) is 15.9. The number of benzene rings is 1. The molecule has 0 radical (unpaired) electrons. The van der Waals surface area contributed by atoms with Crippen LogP contribution in [0.4, 0.5) is 4.79 Å². The van der Waals surface area contributed by atoms with E-state index >= 15 is 0 Å². The Morgan fingerprint density at radius 2 is 2.04 bits per heavy atom. The first-order chi connectivity index (χ1) is 11.1. The Balaban J connectivity index is 1.27. The highest BCUT2D eigenvalue weighted by molar-refractivity contribution is 5.67. The summed E-state index contributed by atoms with van der Waals surface area (Å²) in [6, 6.07) is 9.76. The lowest BCUT2D eigenvalue weighted by Crippen LogP contribution is -2.52. The van der Waals surface area contributed by atoms with Crippen LogP contribution >= 0.6 is 0 Å². The summed E-state index contributed by atoms with van der Waals surface area (Å²) in [5.41, 5.74) is 0.864. The Morgan fingerprint density at radius 1 is 1.30 bits per heavy atom. The molecule has 0 aromatic heterocycles. The second kappa shape index (κ2) is 5.49. The second-order valence-electron chi connectivity index (χ2n) is 7.12. The summed E-state index contributed by atoms with van der Waals surface area (Å²) in [5, 5.41) is 0. The van der Waals surface area contributed by atoms with Crippen LogP contribution in [-0.4, -0.2) is 48.0 Å². The minimum atomic E-state index is -0.230. The van der Waals surface area contributed by atoms with Gasteiger partial charge in [-0.05, 0) is 25.3 Å². The number of epoxide rings is 1. The average Bonchev–Trinajstić information content (AvgIpc) is 3.24. The van der Waals surface area contributed by atoms with Gasteiger partial charge in [0.2, 0.25) is 0 Å². The first-order valence-corrected chi connectivity index (χ1v) is 8.36. The molecule has 1 amide bonds. The summed E-state index contributed by atoms with van der Waals surface area (Å²) in [7, 11) is 0. The molecule has 1 aromatic carbocycles. The molecule has 2 atom stereocenters. The van der Waals surface area contributed by atoms with Gasteiger partial charge < -0.3 is 19.1 Å². The fourth-order valence-corrected chi connectivity index (χ4v) is 3.62. The zero-order valence-electron chi connectivity index (χ0n) is 13.5. The van der Waals surface area contributed by atoms with Crippen molar-refractivity contribution in [1.82, 2.24) is 4.90 Å². The highest BCUT2D eigenvalue weighted by Crippen LogP contribution is 2.49. The molecule has 23 heavy (non-hydrogen) atoms. The number of amides is 1. The van der Waals surface area contributed by atoms with Crippen molar-refractivity contribution in [2.75, 3.05) is 19.7 Å². The number of carbonyl (C=O) groups excluding carboxylic acids is 1. The van der Waals surface area contributed by atoms with Gasteiger partial charge in [-0.2, -0.15) is 0 Å². The maximum Gasteiger partial charge on any atom is 0.410 e. The first kappa shape index (κ1) is 15.0. The van der Waals surface area contributed by atoms with E-state index in [-0.39, 0.29) is 17.3 Å². The van der Waals surface area contributed by atoms with Crippen molar-refractivity contribution in [3.05, 3.63) is 35.9 Å². The molecule has 3 heterocycles. The number of carbonyl (C=O) groups is 1. The second-order valence-corrected chi connectivity index (χ2v) is 7.12. The molecule has 2 unspecified atom stereocenters. The van der Waals surface area contributed by atoms with Gasteiger partial charge in [0.25, 0.3) is 0 Å². The normalized spacial score (nSPS) is 31.5. The molecule has 3 aliphatic rings. The third kappa shape index (κ3) is 2.95. The Morgan fingerprint density at radius 3 is 2.74 bits per heavy atom. The van der Waals surface area contributed by atoms with E-state index < -0.39 is 0 Å². The maximum absolute atomic E-state index is 12.2. The Hall–Kier alpha value is -1.59. The molecule has 5 heteroatoms. The minimum absolute atomic E-state index is 0.0446. The van der Waals surface area contributed by atoms with Crippen LogP contribution in [0.25, 0.3) is 0 Å². The van der Waals surface area contributed by atoms with Crippen LogP contribution in [0, 0.1) is 0 Å². The van der Waals surface area contributed by atoms with Crippen LogP contribution in [0.15, 0.2) is 30.3 Å². The fourth-order valence-electron chi connectivity index (χ4n) is 3.62. The van der Waals surface area contributed by atoms with Gasteiger partial charge >= 0.3 is 6.09 Å². The molecule has 0 bridgehead atoms. The predicted molar refractivity (Wildman–Crippen MR) is 84.0 cm³/mol. The van der Waals surface area contributed by atoms with Gasteiger partial charge in [0.15, 0.2) is 0 Å². The van der Waals surface area contributed by atoms with Crippen molar-refractivity contribution in [1.29, 1.82) is 0 Å². The molecule has 0 saturated carbocycles. The lowest BCUT2D eigenvalue weighted by atomic mass is 9.82. The van der Waals surface area contributed by atoms with E-state index in [1.54, 1.807) is 4.90 Å². The fraction of sp³-hybridized carbons (Fsp3) is 0.611. The molecule has 4 rings (SSSR count). The van der Waals surface area contributed by atoms with Gasteiger partial charge in [0, 0.05) is 19.5 Å². The van der Waals surface area contributed by atoms with Crippen molar-refractivity contribution in [3.8, 4) is 0 Å². The Labute approximate surface area is 136 Å². The minimum Gasteiger partial charge on any atom is -0.445 e. The summed E-state index contributed by atoms with van der Waals surface area (Å²) in [5.74, 6) is 0. The average molecular weight is 317 g/mol. The predicted octanol–water partition coefficient (Wildman–Crippen LogP) is 2.74. The first-order valence-electron chi connectivity index (χ1n) is 8.36. The zero-order valence-corrected chi connectivity index (χ0v) is 13.5. The van der Waals surface area contributed by atoms with Crippen molar-refractivity contribution in [2.45, 2.75) is 50.1 Å². The molecule has 0 N–H and O–H groups in total. The summed E-state index contributed by atoms with van der Waals surface area (Å²) < 4.78 is 17.3. The van der Waals surface area contributed by atoms with Crippen molar-refractivity contribution in [2.24, 2.45) is 0 Å². The highest BCUT2D eigenvalue weighted by atomic mass is 16.6. The van der Waals surface area contributed by atoms with Crippen LogP contribution < -0.4 is 0 Å². The van der Waals surface area contributed by atoms with E-state index in [1.165, 1.54) is 0 Å². The molecule has 3 fully saturated rings. The number of likely N-dealkylation sites (tertiary alicyclic amines) is 1. The summed E-state index contributed by atoms with van der Waals surface area (Å²) in [4.78, 5) is 14.0. The van der Waals surface area contributed by atoms with Crippen molar-refractivity contribution >= 4 is 6.09 Å². The molecule has 5 nitrogen and oxygen atoms in total. The number of piperidine rings is 1. The quantitative estimate of drug-likeness (QED) is 0.787. The summed E-state index contributed by atoms with van der Waals surface area (Å²) in [6.45, 7) is 4.50. The largest absolute Gasteiger partial charge is 0.445 e. The van der Waals surface area contributed by atoms with E-state index in [4.69, 9.17) is 14.2 Å². The van der Waals surface area contributed by atoms with Crippen LogP contribution in [0.1, 0.15) is 31.7 Å². The highest BCUT2D eigenvalue weighted by Gasteiger charge is 2.60. The van der Waals surface area contributed by atoms with Gasteiger partial charge in [-0.3, -0.25) is 0 Å². The monoisotopic (exact) mass is 317 g/mol. The molecule has 1 aromatic rings. The van der Waals surface area contributed by atoms with E-state index in [1.807, 2.05) is 30.3 Å². The molecule has 3 aliphatic heterocycles. The third-order valence-corrected chi connectivity index (χ3v) is 5.40. The molecular weight excluding hydrogens is 294 g/mol. The maximum atomic E-state index is 12.2. The van der Waals surface area contributed by atoms with Gasteiger partial charge in [0.05, 0.1) is 18.3 Å². The molecule has 124 valence electrons. The number of fused-ring (bicyclic) bond motifs is 1. The Bertz CT molecular complexity index is 582. The van der Waals surface area contributed by atoms with Gasteiger partial charge in [-0.15, -0.1) is 0 Å². The number of nitrogens with zero attached hydrogens (tertiary/aromatic N) is 1. The van der Waals surface area contributed by atoms with Crippen molar-refractivity contribution in [3.63, 3.8) is 0 Å². The SMILES string of the molecule is CC12COC3(CCN(C(=O)OCc4ccccc4)CC3)CC1O2.